The fourth-order valence-corrected chi connectivity index (χ4v) is 2.69. The first-order valence-corrected chi connectivity index (χ1v) is 7.93. The average molecular weight is 347 g/mol. The summed E-state index contributed by atoms with van der Waals surface area (Å²) < 4.78 is 10.6. The summed E-state index contributed by atoms with van der Waals surface area (Å²) in [5, 5.41) is 11.9. The number of carboxylic acids is 1. The largest absolute Gasteiger partial charge is 0.496 e. The molecule has 2 rings (SSSR count). The molecule has 7 heteroatoms. The van der Waals surface area contributed by atoms with Gasteiger partial charge in [0.15, 0.2) is 0 Å². The normalized spacial score (nSPS) is 10.7. The van der Waals surface area contributed by atoms with Gasteiger partial charge in [-0.3, -0.25) is 9.59 Å². The molecule has 1 aromatic carbocycles. The van der Waals surface area contributed by atoms with Gasteiger partial charge < -0.3 is 19.6 Å². The van der Waals surface area contributed by atoms with E-state index in [0.717, 1.165) is 10.9 Å². The van der Waals surface area contributed by atoms with Gasteiger partial charge in [0.25, 0.3) is 0 Å². The summed E-state index contributed by atoms with van der Waals surface area (Å²) in [6, 6.07) is 3.59. The van der Waals surface area contributed by atoms with Gasteiger partial charge in [-0.15, -0.1) is 0 Å². The number of carbonyl (C=O) groups excluding carboxylic acids is 1. The van der Waals surface area contributed by atoms with Crippen LogP contribution < -0.4 is 15.7 Å². The Labute approximate surface area is 144 Å². The van der Waals surface area contributed by atoms with E-state index < -0.39 is 11.6 Å². The monoisotopic (exact) mass is 347 g/mol. The van der Waals surface area contributed by atoms with E-state index in [1.54, 1.807) is 33.1 Å². The van der Waals surface area contributed by atoms with Crippen LogP contribution in [0.4, 0.5) is 0 Å². The minimum atomic E-state index is -0.911. The van der Waals surface area contributed by atoms with Crippen LogP contribution in [0, 0.1) is 13.8 Å². The Morgan fingerprint density at radius 2 is 1.96 bits per heavy atom. The number of aryl methyl sites for hydroxylation is 2. The second-order valence-electron chi connectivity index (χ2n) is 5.79. The number of hydrogen-bond donors (Lipinski definition) is 2. The highest BCUT2D eigenvalue weighted by Crippen LogP contribution is 2.29. The van der Waals surface area contributed by atoms with E-state index in [2.05, 4.69) is 5.32 Å². The molecule has 2 aromatic rings. The van der Waals surface area contributed by atoms with Crippen LogP contribution in [0.15, 0.2) is 21.3 Å². The Hall–Kier alpha value is -2.83. The van der Waals surface area contributed by atoms with Crippen molar-refractivity contribution >= 4 is 22.8 Å². The van der Waals surface area contributed by atoms with Crippen molar-refractivity contribution < 1.29 is 23.8 Å². The third-order valence-electron chi connectivity index (χ3n) is 4.10. The van der Waals surface area contributed by atoms with E-state index in [0.29, 0.717) is 28.9 Å². The highest BCUT2D eigenvalue weighted by molar-refractivity contribution is 5.87. The van der Waals surface area contributed by atoms with Crippen molar-refractivity contribution in [3.63, 3.8) is 0 Å². The number of amides is 1. The zero-order valence-corrected chi connectivity index (χ0v) is 14.5. The maximum absolute atomic E-state index is 12.3. The number of hydrogen-bond acceptors (Lipinski definition) is 5. The standard InChI is InChI=1S/C18H21NO6/c1-10-12-6-7-14(24-3)11(2)17(12)25-18(23)13(10)9-15(20)19-8-4-5-16(21)22/h6-7H,4-5,8-9H2,1-3H3,(H,19,20)(H,21,22). The third kappa shape index (κ3) is 4.17. The van der Waals surface area contributed by atoms with E-state index in [1.807, 2.05) is 0 Å². The summed E-state index contributed by atoms with van der Waals surface area (Å²) in [7, 11) is 1.54. The molecule has 0 saturated carbocycles. The van der Waals surface area contributed by atoms with Crippen LogP contribution in [0.25, 0.3) is 11.0 Å². The number of ether oxygens (including phenoxy) is 1. The van der Waals surface area contributed by atoms with Crippen molar-refractivity contribution in [2.75, 3.05) is 13.7 Å². The summed E-state index contributed by atoms with van der Waals surface area (Å²) in [4.78, 5) is 34.7. The quantitative estimate of drug-likeness (QED) is 0.586. The highest BCUT2D eigenvalue weighted by atomic mass is 16.5. The molecule has 1 heterocycles. The lowest BCUT2D eigenvalue weighted by Gasteiger charge is -2.11. The van der Waals surface area contributed by atoms with E-state index in [9.17, 15) is 14.4 Å². The molecule has 0 aliphatic heterocycles. The zero-order chi connectivity index (χ0) is 18.6. The molecular weight excluding hydrogens is 326 g/mol. The minimum absolute atomic E-state index is 0.0153. The average Bonchev–Trinajstić information content (AvgIpc) is 2.56. The number of carboxylic acid groups (broad SMARTS) is 1. The molecule has 0 unspecified atom stereocenters. The Balaban J connectivity index is 2.23. The van der Waals surface area contributed by atoms with Crippen LogP contribution in [0.3, 0.4) is 0 Å². The van der Waals surface area contributed by atoms with Crippen molar-refractivity contribution in [2.45, 2.75) is 33.1 Å². The molecule has 25 heavy (non-hydrogen) atoms. The number of aliphatic carboxylic acids is 1. The molecule has 1 aromatic heterocycles. The SMILES string of the molecule is COc1ccc2c(C)c(CC(=O)NCCCC(=O)O)c(=O)oc2c1C. The molecule has 1 amide bonds. The molecule has 134 valence electrons. The molecule has 0 saturated heterocycles. The van der Waals surface area contributed by atoms with Gasteiger partial charge in [-0.25, -0.2) is 4.79 Å². The maximum Gasteiger partial charge on any atom is 0.340 e. The Morgan fingerprint density at radius 3 is 2.60 bits per heavy atom. The van der Waals surface area contributed by atoms with Gasteiger partial charge in [-0.2, -0.15) is 0 Å². The van der Waals surface area contributed by atoms with E-state index in [-0.39, 0.29) is 25.3 Å². The summed E-state index contributed by atoms with van der Waals surface area (Å²) in [5.41, 5.74) is 1.62. The van der Waals surface area contributed by atoms with Gasteiger partial charge in [0.2, 0.25) is 5.91 Å². The number of carbonyl (C=O) groups is 2. The Morgan fingerprint density at radius 1 is 1.24 bits per heavy atom. The molecule has 0 aliphatic rings. The van der Waals surface area contributed by atoms with Crippen molar-refractivity contribution in [3.05, 3.63) is 39.2 Å². The second kappa shape index (κ2) is 7.83. The van der Waals surface area contributed by atoms with Gasteiger partial charge in [0.05, 0.1) is 19.1 Å². The molecule has 0 radical (unpaired) electrons. The van der Waals surface area contributed by atoms with E-state index in [1.165, 1.54) is 0 Å². The zero-order valence-electron chi connectivity index (χ0n) is 14.5. The van der Waals surface area contributed by atoms with Crippen LogP contribution in [-0.4, -0.2) is 30.6 Å². The van der Waals surface area contributed by atoms with Crippen LogP contribution in [0.1, 0.15) is 29.5 Å². The lowest BCUT2D eigenvalue weighted by atomic mass is 10.0. The van der Waals surface area contributed by atoms with Gasteiger partial charge in [0, 0.05) is 23.9 Å². The van der Waals surface area contributed by atoms with Crippen molar-refractivity contribution in [1.82, 2.24) is 5.32 Å². The first kappa shape index (κ1) is 18.5. The molecule has 0 bridgehead atoms. The summed E-state index contributed by atoms with van der Waals surface area (Å²) in [5.74, 6) is -0.629. The van der Waals surface area contributed by atoms with Gasteiger partial charge >= 0.3 is 11.6 Å². The third-order valence-corrected chi connectivity index (χ3v) is 4.10. The number of nitrogens with one attached hydrogen (secondary N) is 1. The van der Waals surface area contributed by atoms with E-state index in [4.69, 9.17) is 14.3 Å². The topological polar surface area (TPSA) is 106 Å². The molecule has 0 spiro atoms. The first-order valence-electron chi connectivity index (χ1n) is 7.93. The molecule has 0 aliphatic carbocycles. The number of rotatable bonds is 7. The molecule has 0 atom stereocenters. The fraction of sp³-hybridized carbons (Fsp3) is 0.389. The molecule has 2 N–H and O–H groups in total. The molecular formula is C18H21NO6. The van der Waals surface area contributed by atoms with Crippen molar-refractivity contribution in [3.8, 4) is 5.75 Å². The predicted octanol–water partition coefficient (Wildman–Crippen LogP) is 1.94. The van der Waals surface area contributed by atoms with Gasteiger partial charge in [0.1, 0.15) is 11.3 Å². The number of methoxy groups -OCH3 is 1. The van der Waals surface area contributed by atoms with Crippen molar-refractivity contribution in [1.29, 1.82) is 0 Å². The van der Waals surface area contributed by atoms with Crippen LogP contribution in [0.5, 0.6) is 5.75 Å². The lowest BCUT2D eigenvalue weighted by Crippen LogP contribution is -2.29. The maximum atomic E-state index is 12.3. The molecule has 7 nitrogen and oxygen atoms in total. The fourth-order valence-electron chi connectivity index (χ4n) is 2.69. The summed E-state index contributed by atoms with van der Waals surface area (Å²) >= 11 is 0. The van der Waals surface area contributed by atoms with Crippen molar-refractivity contribution in [2.24, 2.45) is 0 Å². The van der Waals surface area contributed by atoms with Crippen LogP contribution in [-0.2, 0) is 16.0 Å². The summed E-state index contributed by atoms with van der Waals surface area (Å²) in [6.45, 7) is 3.83. The highest BCUT2D eigenvalue weighted by Gasteiger charge is 2.17. The predicted molar refractivity (Wildman–Crippen MR) is 92.1 cm³/mol. The van der Waals surface area contributed by atoms with E-state index >= 15 is 0 Å². The Kier molecular flexibility index (Phi) is 5.80. The number of fused-ring (bicyclic) bond motifs is 1. The van der Waals surface area contributed by atoms with Crippen LogP contribution in [0.2, 0.25) is 0 Å². The lowest BCUT2D eigenvalue weighted by molar-refractivity contribution is -0.137. The first-order chi connectivity index (χ1) is 11.8. The van der Waals surface area contributed by atoms with Gasteiger partial charge in [-0.05, 0) is 38.0 Å². The van der Waals surface area contributed by atoms with Crippen LogP contribution >= 0.6 is 0 Å². The Bertz CT molecular complexity index is 868. The minimum Gasteiger partial charge on any atom is -0.496 e. The number of benzene rings is 1. The molecule has 0 fully saturated rings. The van der Waals surface area contributed by atoms with Gasteiger partial charge in [-0.1, -0.05) is 0 Å². The second-order valence-corrected chi connectivity index (χ2v) is 5.79. The summed E-state index contributed by atoms with van der Waals surface area (Å²) in [6.07, 6.45) is 0.214. The smallest absolute Gasteiger partial charge is 0.340 e.